The van der Waals surface area contributed by atoms with Gasteiger partial charge in [0, 0.05) is 0 Å². The molecule has 5 heteroatoms. The molecule has 0 aromatic carbocycles. The molecule has 0 bridgehead atoms. The van der Waals surface area contributed by atoms with Gasteiger partial charge in [0.1, 0.15) is 0 Å². The van der Waals surface area contributed by atoms with Crippen LogP contribution in [0.3, 0.4) is 0 Å². The van der Waals surface area contributed by atoms with Crippen molar-refractivity contribution in [2.75, 3.05) is 0 Å². The number of carbonyl (C=O) groups is 1. The Morgan fingerprint density at radius 3 is 2.91 bits per heavy atom. The van der Waals surface area contributed by atoms with E-state index in [9.17, 15) is 4.79 Å². The first kappa shape index (κ1) is 8.04. The van der Waals surface area contributed by atoms with E-state index in [-0.39, 0.29) is 10.5 Å². The zero-order chi connectivity index (χ0) is 8.27. The fourth-order valence-corrected chi connectivity index (χ4v) is 0.767. The zero-order valence-electron chi connectivity index (χ0n) is 5.46. The fraction of sp³-hybridized carbons (Fsp3) is 0. The number of carbonyl (C=O) groups excluding carboxylic acids is 1. The van der Waals surface area contributed by atoms with Gasteiger partial charge < -0.3 is 0 Å². The summed E-state index contributed by atoms with van der Waals surface area (Å²) in [6.45, 7) is 0. The van der Waals surface area contributed by atoms with E-state index in [0.29, 0.717) is 0 Å². The molecule has 57 valence electrons. The van der Waals surface area contributed by atoms with Crippen molar-refractivity contribution in [1.29, 1.82) is 5.41 Å². The summed E-state index contributed by atoms with van der Waals surface area (Å²) in [5, 5.41) is 9.14. The number of hydrogen-bond donors (Lipinski definition) is 2. The van der Waals surface area contributed by atoms with E-state index in [0.717, 1.165) is 0 Å². The van der Waals surface area contributed by atoms with E-state index < -0.39 is 5.91 Å². The first-order valence-electron chi connectivity index (χ1n) is 2.80. The van der Waals surface area contributed by atoms with Gasteiger partial charge in [-0.2, -0.15) is 0 Å². The summed E-state index contributed by atoms with van der Waals surface area (Å²) in [7, 11) is 0. The van der Waals surface area contributed by atoms with Crippen molar-refractivity contribution in [2.45, 2.75) is 0 Å². The van der Waals surface area contributed by atoms with Gasteiger partial charge in [-0.1, -0.05) is 0 Å². The predicted octanol–water partition coefficient (Wildman–Crippen LogP) is 0.113. The van der Waals surface area contributed by atoms with E-state index in [1.807, 2.05) is 0 Å². The quantitative estimate of drug-likeness (QED) is 0.397. The molecule has 0 saturated carbocycles. The summed E-state index contributed by atoms with van der Waals surface area (Å²) >= 11 is 2.34. The van der Waals surface area contributed by atoms with Crippen molar-refractivity contribution in [3.05, 3.63) is 24.2 Å². The SMILES string of the molecule is N=C([Se])NC(=O)c1ccco1. The van der Waals surface area contributed by atoms with Crippen LogP contribution in [0.25, 0.3) is 0 Å². The molecule has 0 atom stereocenters. The molecule has 0 aliphatic rings. The van der Waals surface area contributed by atoms with Crippen molar-refractivity contribution in [3.63, 3.8) is 0 Å². The summed E-state index contributed by atoms with van der Waals surface area (Å²) in [6.07, 6.45) is 1.40. The average Bonchev–Trinajstić information content (AvgIpc) is 2.35. The van der Waals surface area contributed by atoms with Crippen LogP contribution in [-0.4, -0.2) is 26.7 Å². The molecule has 0 unspecified atom stereocenters. The summed E-state index contributed by atoms with van der Waals surface area (Å²) in [6, 6.07) is 3.14. The predicted molar refractivity (Wildman–Crippen MR) is 39.7 cm³/mol. The van der Waals surface area contributed by atoms with Gasteiger partial charge in [0.2, 0.25) is 0 Å². The first-order chi connectivity index (χ1) is 5.20. The van der Waals surface area contributed by atoms with Gasteiger partial charge in [-0.25, -0.2) is 0 Å². The van der Waals surface area contributed by atoms with Gasteiger partial charge in [-0.3, -0.25) is 0 Å². The molecule has 1 aromatic heterocycles. The van der Waals surface area contributed by atoms with E-state index >= 15 is 0 Å². The maximum absolute atomic E-state index is 11.0. The molecule has 1 amide bonds. The molecular weight excluding hydrogens is 211 g/mol. The Morgan fingerprint density at radius 2 is 2.45 bits per heavy atom. The van der Waals surface area contributed by atoms with E-state index in [1.165, 1.54) is 12.3 Å². The van der Waals surface area contributed by atoms with Crippen LogP contribution in [0.1, 0.15) is 10.6 Å². The molecule has 0 aliphatic carbocycles. The van der Waals surface area contributed by atoms with Crippen molar-refractivity contribution < 1.29 is 9.21 Å². The van der Waals surface area contributed by atoms with Crippen LogP contribution in [0.4, 0.5) is 0 Å². The molecule has 0 aliphatic heterocycles. The average molecular weight is 216 g/mol. The van der Waals surface area contributed by atoms with Crippen LogP contribution < -0.4 is 5.32 Å². The van der Waals surface area contributed by atoms with Gasteiger partial charge in [0.05, 0.1) is 0 Å². The number of amidine groups is 1. The molecule has 2 N–H and O–H groups in total. The second-order valence-corrected chi connectivity index (χ2v) is 2.62. The number of nitrogens with one attached hydrogen (secondary N) is 2. The molecule has 11 heavy (non-hydrogen) atoms. The van der Waals surface area contributed by atoms with Crippen molar-refractivity contribution in [1.82, 2.24) is 5.32 Å². The number of amides is 1. The third-order valence-corrected chi connectivity index (χ3v) is 1.19. The van der Waals surface area contributed by atoms with Gasteiger partial charge >= 0.3 is 70.7 Å². The summed E-state index contributed by atoms with van der Waals surface area (Å²) in [4.78, 5) is 11.0. The van der Waals surface area contributed by atoms with Crippen LogP contribution in [0.15, 0.2) is 22.8 Å². The molecular formula is C6H5N2O2Se. The molecule has 0 fully saturated rings. The molecule has 4 nitrogen and oxygen atoms in total. The third kappa shape index (κ3) is 2.22. The van der Waals surface area contributed by atoms with Crippen molar-refractivity contribution >= 4 is 26.7 Å². The van der Waals surface area contributed by atoms with Crippen LogP contribution >= 0.6 is 0 Å². The van der Waals surface area contributed by atoms with Crippen molar-refractivity contribution in [2.24, 2.45) is 0 Å². The van der Waals surface area contributed by atoms with E-state index in [2.05, 4.69) is 21.3 Å². The normalized spacial score (nSPS) is 9.09. The van der Waals surface area contributed by atoms with Gasteiger partial charge in [0.25, 0.3) is 0 Å². The minimum absolute atomic E-state index is 0.0219. The molecule has 1 aromatic rings. The monoisotopic (exact) mass is 217 g/mol. The Balaban J connectivity index is 2.64. The second kappa shape index (κ2) is 3.37. The maximum atomic E-state index is 11.0. The Labute approximate surface area is 71.3 Å². The second-order valence-electron chi connectivity index (χ2n) is 1.76. The standard InChI is InChI=1S/C6H5N2O2Se/c7-6(11)8-5(9)4-2-1-3-10-4/h1-3H,(H2,7,8,9). The van der Waals surface area contributed by atoms with Gasteiger partial charge in [0.15, 0.2) is 0 Å². The van der Waals surface area contributed by atoms with Crippen LogP contribution in [-0.2, 0) is 0 Å². The minimum atomic E-state index is -0.418. The molecule has 1 rings (SSSR count). The van der Waals surface area contributed by atoms with Crippen LogP contribution in [0, 0.1) is 5.41 Å². The Morgan fingerprint density at radius 1 is 1.73 bits per heavy atom. The fourth-order valence-electron chi connectivity index (χ4n) is 0.572. The molecule has 1 radical (unpaired) electrons. The number of rotatable bonds is 1. The Hall–Kier alpha value is -1.06. The van der Waals surface area contributed by atoms with E-state index in [4.69, 9.17) is 9.83 Å². The third-order valence-electron chi connectivity index (χ3n) is 0.972. The zero-order valence-corrected chi connectivity index (χ0v) is 7.17. The first-order valence-corrected chi connectivity index (χ1v) is 3.66. The van der Waals surface area contributed by atoms with Crippen LogP contribution in [0.5, 0.6) is 0 Å². The molecule has 0 spiro atoms. The Bertz CT molecular complexity index is 268. The summed E-state index contributed by atoms with van der Waals surface area (Å²) < 4.78 is 4.75. The van der Waals surface area contributed by atoms with Gasteiger partial charge in [-0.15, -0.1) is 0 Å². The Kier molecular flexibility index (Phi) is 2.46. The van der Waals surface area contributed by atoms with Gasteiger partial charge in [-0.05, 0) is 0 Å². The summed E-state index contributed by atoms with van der Waals surface area (Å²) in [5.74, 6) is -0.219. The number of furan rings is 1. The molecule has 1 heterocycles. The van der Waals surface area contributed by atoms with E-state index in [1.54, 1.807) is 6.07 Å². The summed E-state index contributed by atoms with van der Waals surface area (Å²) in [5.41, 5.74) is 0. The topological polar surface area (TPSA) is 66.1 Å². The van der Waals surface area contributed by atoms with Crippen molar-refractivity contribution in [3.8, 4) is 0 Å². The number of hydrogen-bond acceptors (Lipinski definition) is 3. The molecule has 0 saturated heterocycles. The van der Waals surface area contributed by atoms with Crippen LogP contribution in [0.2, 0.25) is 0 Å².